The molecule has 0 spiro atoms. The molecule has 24 heavy (non-hydrogen) atoms. The van der Waals surface area contributed by atoms with Crippen LogP contribution in [0.15, 0.2) is 36.9 Å². The van der Waals surface area contributed by atoms with E-state index in [4.69, 9.17) is 4.74 Å². The third-order valence-electron chi connectivity index (χ3n) is 3.55. The molecule has 6 heteroatoms. The third kappa shape index (κ3) is 4.93. The second-order valence-electron chi connectivity index (χ2n) is 5.22. The van der Waals surface area contributed by atoms with Gasteiger partial charge in [-0.1, -0.05) is 31.8 Å². The van der Waals surface area contributed by atoms with E-state index in [0.29, 0.717) is 12.1 Å². The van der Waals surface area contributed by atoms with E-state index in [1.54, 1.807) is 36.1 Å². The van der Waals surface area contributed by atoms with Crippen LogP contribution >= 0.6 is 0 Å². The minimum absolute atomic E-state index is 0.401. The van der Waals surface area contributed by atoms with Gasteiger partial charge in [-0.25, -0.2) is 14.5 Å². The Kier molecular flexibility index (Phi) is 6.52. The molecule has 0 N–H and O–H groups in total. The van der Waals surface area contributed by atoms with Crippen molar-refractivity contribution in [1.82, 2.24) is 19.7 Å². The van der Waals surface area contributed by atoms with Crippen LogP contribution < -0.4 is 0 Å². The van der Waals surface area contributed by atoms with Crippen molar-refractivity contribution in [2.45, 2.75) is 26.9 Å². The lowest BCUT2D eigenvalue weighted by Crippen LogP contribution is -2.23. The predicted molar refractivity (Wildman–Crippen MR) is 91.8 cm³/mol. The number of nitrogens with zero attached hydrogens (tertiary/aromatic N) is 4. The molecule has 0 unspecified atom stereocenters. The fourth-order valence-electron chi connectivity index (χ4n) is 2.12. The zero-order valence-corrected chi connectivity index (χ0v) is 14.3. The highest BCUT2D eigenvalue weighted by atomic mass is 16.5. The van der Waals surface area contributed by atoms with Gasteiger partial charge in [-0.05, 0) is 38.2 Å². The van der Waals surface area contributed by atoms with Gasteiger partial charge < -0.3 is 4.74 Å². The Balaban J connectivity index is 1.97. The highest BCUT2D eigenvalue weighted by Crippen LogP contribution is 2.11. The zero-order chi connectivity index (χ0) is 17.4. The molecular weight excluding hydrogens is 304 g/mol. The lowest BCUT2D eigenvalue weighted by molar-refractivity contribution is 0.0438. The van der Waals surface area contributed by atoms with Gasteiger partial charge in [0.1, 0.15) is 12.7 Å². The smallest absolute Gasteiger partial charge is 0.339 e. The largest absolute Gasteiger partial charge is 0.446 e. The molecule has 0 aliphatic rings. The second-order valence-corrected chi connectivity index (χ2v) is 5.22. The maximum absolute atomic E-state index is 12.2. The van der Waals surface area contributed by atoms with Crippen LogP contribution in [-0.4, -0.2) is 51.4 Å². The van der Waals surface area contributed by atoms with E-state index in [0.717, 1.165) is 18.8 Å². The topological polar surface area (TPSA) is 60.2 Å². The van der Waals surface area contributed by atoms with Gasteiger partial charge >= 0.3 is 5.97 Å². The van der Waals surface area contributed by atoms with Crippen LogP contribution in [0.3, 0.4) is 0 Å². The molecular formula is C18H22N4O2. The average Bonchev–Trinajstić information content (AvgIpc) is 3.13. The van der Waals surface area contributed by atoms with Crippen molar-refractivity contribution < 1.29 is 9.53 Å². The van der Waals surface area contributed by atoms with E-state index < -0.39 is 12.1 Å². The molecule has 0 aliphatic carbocycles. The van der Waals surface area contributed by atoms with Crippen molar-refractivity contribution >= 4 is 5.97 Å². The molecule has 126 valence electrons. The molecule has 1 heterocycles. The molecule has 0 fully saturated rings. The lowest BCUT2D eigenvalue weighted by Gasteiger charge is -2.13. The third-order valence-corrected chi connectivity index (χ3v) is 3.55. The van der Waals surface area contributed by atoms with Crippen molar-refractivity contribution in [2.75, 3.05) is 19.6 Å². The highest BCUT2D eigenvalue weighted by molar-refractivity contribution is 5.90. The Labute approximate surface area is 142 Å². The zero-order valence-electron chi connectivity index (χ0n) is 14.3. The number of rotatable bonds is 6. The monoisotopic (exact) mass is 326 g/mol. The number of carbonyl (C=O) groups excluding carboxylic acids is 1. The van der Waals surface area contributed by atoms with Gasteiger partial charge in [-0.2, -0.15) is 5.10 Å². The average molecular weight is 326 g/mol. The maximum atomic E-state index is 12.2. The molecule has 2 rings (SSSR count). The van der Waals surface area contributed by atoms with Crippen molar-refractivity contribution in [3.63, 3.8) is 0 Å². The molecule has 2 aromatic rings. The summed E-state index contributed by atoms with van der Waals surface area (Å²) in [6.07, 6.45) is 2.56. The number of ether oxygens (including phenoxy) is 1. The van der Waals surface area contributed by atoms with Gasteiger partial charge in [0.2, 0.25) is 0 Å². The van der Waals surface area contributed by atoms with Crippen molar-refractivity contribution in [3.05, 3.63) is 42.5 Å². The first-order valence-electron chi connectivity index (χ1n) is 8.00. The molecule has 0 amide bonds. The van der Waals surface area contributed by atoms with E-state index in [1.807, 2.05) is 6.07 Å². The van der Waals surface area contributed by atoms with Gasteiger partial charge in [-0.3, -0.25) is 4.90 Å². The molecule has 1 atom stereocenters. The van der Waals surface area contributed by atoms with E-state index >= 15 is 0 Å². The summed E-state index contributed by atoms with van der Waals surface area (Å²) < 4.78 is 6.97. The van der Waals surface area contributed by atoms with E-state index in [9.17, 15) is 4.79 Å². The second kappa shape index (κ2) is 8.85. The number of carbonyl (C=O) groups is 1. The van der Waals surface area contributed by atoms with Gasteiger partial charge in [0.15, 0.2) is 6.10 Å². The number of benzene rings is 1. The van der Waals surface area contributed by atoms with Gasteiger partial charge in [-0.15, -0.1) is 0 Å². The summed E-state index contributed by atoms with van der Waals surface area (Å²) >= 11 is 0. The fourth-order valence-corrected chi connectivity index (χ4v) is 2.12. The fraction of sp³-hybridized carbons (Fsp3) is 0.389. The quantitative estimate of drug-likeness (QED) is 0.601. The summed E-state index contributed by atoms with van der Waals surface area (Å²) in [5, 5.41) is 4.05. The van der Waals surface area contributed by atoms with Crippen molar-refractivity contribution in [3.8, 4) is 17.5 Å². The summed E-state index contributed by atoms with van der Waals surface area (Å²) in [7, 11) is 0. The Morgan fingerprint density at radius 1 is 1.38 bits per heavy atom. The molecule has 6 nitrogen and oxygen atoms in total. The van der Waals surface area contributed by atoms with Gasteiger partial charge in [0.05, 0.1) is 17.8 Å². The summed E-state index contributed by atoms with van der Waals surface area (Å²) in [6.45, 7) is 8.54. The lowest BCUT2D eigenvalue weighted by atomic mass is 10.2. The molecule has 0 saturated carbocycles. The Hall–Kier alpha value is -2.65. The predicted octanol–water partition coefficient (Wildman–Crippen LogP) is 2.16. The maximum Gasteiger partial charge on any atom is 0.339 e. The van der Waals surface area contributed by atoms with Crippen LogP contribution in [-0.2, 0) is 4.74 Å². The molecule has 0 bridgehead atoms. The Morgan fingerprint density at radius 3 is 2.83 bits per heavy atom. The van der Waals surface area contributed by atoms with E-state index in [-0.39, 0.29) is 0 Å². The van der Waals surface area contributed by atoms with Crippen LogP contribution in [0.25, 0.3) is 5.69 Å². The number of hydrogen-bond acceptors (Lipinski definition) is 5. The SMILES string of the molecule is CCN(CC)CC#C[C@H](C)OC(=O)c1cccc(-n2cncn2)c1. The first kappa shape index (κ1) is 17.7. The molecule has 0 radical (unpaired) electrons. The highest BCUT2D eigenvalue weighted by Gasteiger charge is 2.11. The summed E-state index contributed by atoms with van der Waals surface area (Å²) in [6, 6.07) is 7.05. The normalized spacial score (nSPS) is 11.7. The van der Waals surface area contributed by atoms with Crippen LogP contribution in [0.4, 0.5) is 0 Å². The van der Waals surface area contributed by atoms with Crippen LogP contribution in [0.2, 0.25) is 0 Å². The molecule has 0 aliphatic heterocycles. The van der Waals surface area contributed by atoms with E-state index in [2.05, 4.69) is 40.7 Å². The Morgan fingerprint density at radius 2 is 2.17 bits per heavy atom. The summed E-state index contributed by atoms with van der Waals surface area (Å²) in [5.74, 6) is 5.61. The summed E-state index contributed by atoms with van der Waals surface area (Å²) in [4.78, 5) is 18.3. The van der Waals surface area contributed by atoms with Gasteiger partial charge in [0.25, 0.3) is 0 Å². The number of hydrogen-bond donors (Lipinski definition) is 0. The van der Waals surface area contributed by atoms with Gasteiger partial charge in [0, 0.05) is 0 Å². The van der Waals surface area contributed by atoms with Crippen molar-refractivity contribution in [1.29, 1.82) is 0 Å². The van der Waals surface area contributed by atoms with Crippen molar-refractivity contribution in [2.24, 2.45) is 0 Å². The van der Waals surface area contributed by atoms with Crippen LogP contribution in [0.5, 0.6) is 0 Å². The first-order valence-corrected chi connectivity index (χ1v) is 8.00. The molecule has 1 aromatic heterocycles. The molecule has 1 aromatic carbocycles. The first-order chi connectivity index (χ1) is 11.6. The van der Waals surface area contributed by atoms with E-state index in [1.165, 1.54) is 6.33 Å². The number of aromatic nitrogens is 3. The molecule has 0 saturated heterocycles. The minimum atomic E-state index is -0.455. The number of esters is 1. The minimum Gasteiger partial charge on any atom is -0.446 e. The Bertz CT molecular complexity index is 712. The summed E-state index contributed by atoms with van der Waals surface area (Å²) in [5.41, 5.74) is 1.21. The van der Waals surface area contributed by atoms with Crippen LogP contribution in [0, 0.1) is 11.8 Å². The standard InChI is InChI=1S/C18H22N4O2/c1-4-21(5-2)11-7-8-15(3)24-18(23)16-9-6-10-17(12-16)22-14-19-13-20-22/h6,9-10,12-15H,4-5,11H2,1-3H3/t15-/m0/s1. The van der Waals surface area contributed by atoms with Crippen LogP contribution in [0.1, 0.15) is 31.1 Å².